The zero-order chi connectivity index (χ0) is 20.4. The number of esters is 1. The predicted octanol–water partition coefficient (Wildman–Crippen LogP) is 4.31. The Morgan fingerprint density at radius 2 is 1.66 bits per heavy atom. The zero-order valence-electron chi connectivity index (χ0n) is 16.2. The molecule has 0 unspecified atom stereocenters. The van der Waals surface area contributed by atoms with Gasteiger partial charge in [0.05, 0.1) is 14.2 Å². The number of carbonyl (C=O) groups is 2. The lowest BCUT2D eigenvalue weighted by molar-refractivity contribution is 0.0471. The monoisotopic (exact) mass is 388 g/mol. The van der Waals surface area contributed by atoms with E-state index in [2.05, 4.69) is 12.1 Å². The number of hydrogen-bond donors (Lipinski definition) is 0. The van der Waals surface area contributed by atoms with Crippen molar-refractivity contribution in [3.63, 3.8) is 0 Å². The summed E-state index contributed by atoms with van der Waals surface area (Å²) in [4.78, 5) is 25.1. The Morgan fingerprint density at radius 1 is 0.862 bits per heavy atom. The van der Waals surface area contributed by atoms with E-state index in [9.17, 15) is 9.59 Å². The fourth-order valence-corrected chi connectivity index (χ4v) is 3.64. The normalized spacial score (nSPS) is 11.4. The molecule has 29 heavy (non-hydrogen) atoms. The first-order valence-corrected chi connectivity index (χ1v) is 9.25. The van der Waals surface area contributed by atoms with Crippen LogP contribution in [0.25, 0.3) is 11.1 Å². The van der Waals surface area contributed by atoms with Crippen molar-refractivity contribution in [2.45, 2.75) is 6.42 Å². The highest BCUT2D eigenvalue weighted by molar-refractivity contribution is 6.01. The van der Waals surface area contributed by atoms with Crippen molar-refractivity contribution >= 4 is 11.8 Å². The Labute approximate surface area is 168 Å². The van der Waals surface area contributed by atoms with Gasteiger partial charge in [-0.3, -0.25) is 4.79 Å². The van der Waals surface area contributed by atoms with Crippen molar-refractivity contribution in [2.75, 3.05) is 20.8 Å². The maximum atomic E-state index is 12.6. The second-order valence-electron chi connectivity index (χ2n) is 6.75. The summed E-state index contributed by atoms with van der Waals surface area (Å²) in [5, 5.41) is 0. The Bertz CT molecular complexity index is 1100. The molecule has 0 spiro atoms. The van der Waals surface area contributed by atoms with Crippen molar-refractivity contribution in [3.05, 3.63) is 82.9 Å². The molecule has 0 saturated carbocycles. The summed E-state index contributed by atoms with van der Waals surface area (Å²) < 4.78 is 15.7. The minimum absolute atomic E-state index is 0.211. The molecular weight excluding hydrogens is 368 g/mol. The number of fused-ring (bicyclic) bond motifs is 3. The molecule has 0 radical (unpaired) electrons. The summed E-state index contributed by atoms with van der Waals surface area (Å²) in [5.41, 5.74) is 5.39. The van der Waals surface area contributed by atoms with Crippen molar-refractivity contribution < 1.29 is 23.8 Å². The van der Waals surface area contributed by atoms with Gasteiger partial charge in [0, 0.05) is 5.56 Å². The third kappa shape index (κ3) is 3.47. The van der Waals surface area contributed by atoms with Gasteiger partial charge >= 0.3 is 5.97 Å². The van der Waals surface area contributed by atoms with Crippen LogP contribution < -0.4 is 9.47 Å². The predicted molar refractivity (Wildman–Crippen MR) is 109 cm³/mol. The van der Waals surface area contributed by atoms with Crippen LogP contribution in [0.2, 0.25) is 0 Å². The first-order chi connectivity index (χ1) is 14.1. The number of ketones is 1. The summed E-state index contributed by atoms with van der Waals surface area (Å²) in [7, 11) is 2.94. The molecule has 1 aliphatic carbocycles. The van der Waals surface area contributed by atoms with Crippen molar-refractivity contribution in [3.8, 4) is 22.6 Å². The van der Waals surface area contributed by atoms with E-state index in [1.807, 2.05) is 24.3 Å². The number of methoxy groups -OCH3 is 2. The summed E-state index contributed by atoms with van der Waals surface area (Å²) in [5.74, 6) is -0.194. The Balaban J connectivity index is 1.50. The van der Waals surface area contributed by atoms with Crippen LogP contribution in [0.3, 0.4) is 0 Å². The molecule has 3 aromatic carbocycles. The molecule has 0 bridgehead atoms. The van der Waals surface area contributed by atoms with E-state index in [4.69, 9.17) is 14.2 Å². The number of carbonyl (C=O) groups excluding carboxylic acids is 2. The molecule has 0 heterocycles. The smallest absolute Gasteiger partial charge is 0.342 e. The molecule has 3 aromatic rings. The van der Waals surface area contributed by atoms with Gasteiger partial charge in [-0.1, -0.05) is 42.5 Å². The maximum absolute atomic E-state index is 12.6. The molecule has 0 aromatic heterocycles. The van der Waals surface area contributed by atoms with E-state index in [-0.39, 0.29) is 23.7 Å². The second-order valence-corrected chi connectivity index (χ2v) is 6.75. The number of rotatable bonds is 6. The zero-order valence-corrected chi connectivity index (χ0v) is 16.2. The number of hydrogen-bond acceptors (Lipinski definition) is 5. The minimum atomic E-state index is -0.638. The highest BCUT2D eigenvalue weighted by Gasteiger charge is 2.21. The Kier molecular flexibility index (Phi) is 5.04. The lowest BCUT2D eigenvalue weighted by Crippen LogP contribution is -2.15. The van der Waals surface area contributed by atoms with Crippen LogP contribution in [0.4, 0.5) is 0 Å². The van der Waals surface area contributed by atoms with Gasteiger partial charge in [-0.2, -0.15) is 0 Å². The minimum Gasteiger partial charge on any atom is -0.493 e. The third-order valence-electron chi connectivity index (χ3n) is 5.08. The largest absolute Gasteiger partial charge is 0.493 e. The molecular formula is C24H20O5. The average molecular weight is 388 g/mol. The van der Waals surface area contributed by atoms with Gasteiger partial charge in [-0.05, 0) is 46.9 Å². The molecule has 4 rings (SSSR count). The molecule has 0 fully saturated rings. The standard InChI is InChI=1S/C24H20O5/c1-27-22-9-5-8-19(23(22)28-2)24(26)29-14-21(25)17-11-10-16-12-15-6-3-4-7-18(15)20(16)13-17/h3-11,13H,12,14H2,1-2H3. The van der Waals surface area contributed by atoms with Crippen LogP contribution in [0.15, 0.2) is 60.7 Å². The van der Waals surface area contributed by atoms with E-state index < -0.39 is 5.97 Å². The van der Waals surface area contributed by atoms with E-state index in [0.717, 1.165) is 17.5 Å². The van der Waals surface area contributed by atoms with E-state index in [1.54, 1.807) is 24.3 Å². The Hall–Kier alpha value is -3.60. The highest BCUT2D eigenvalue weighted by Crippen LogP contribution is 2.37. The molecule has 0 N–H and O–H groups in total. The maximum Gasteiger partial charge on any atom is 0.342 e. The van der Waals surface area contributed by atoms with Crippen LogP contribution >= 0.6 is 0 Å². The van der Waals surface area contributed by atoms with Gasteiger partial charge in [-0.25, -0.2) is 4.79 Å². The van der Waals surface area contributed by atoms with Crippen LogP contribution in [0.1, 0.15) is 31.8 Å². The number of para-hydroxylation sites is 1. The summed E-state index contributed by atoms with van der Waals surface area (Å²) in [6.45, 7) is -0.348. The van der Waals surface area contributed by atoms with E-state index >= 15 is 0 Å². The molecule has 146 valence electrons. The summed E-state index contributed by atoms with van der Waals surface area (Å²) in [6.07, 6.45) is 0.866. The number of ether oxygens (including phenoxy) is 3. The molecule has 1 aliphatic rings. The molecule has 0 aliphatic heterocycles. The van der Waals surface area contributed by atoms with Crippen LogP contribution in [0.5, 0.6) is 11.5 Å². The van der Waals surface area contributed by atoms with Gasteiger partial charge in [0.2, 0.25) is 0 Å². The first kappa shape index (κ1) is 18.7. The Morgan fingerprint density at radius 3 is 2.45 bits per heavy atom. The van der Waals surface area contributed by atoms with Gasteiger partial charge in [0.25, 0.3) is 0 Å². The molecule has 0 amide bonds. The number of benzene rings is 3. The topological polar surface area (TPSA) is 61.8 Å². The quantitative estimate of drug-likeness (QED) is 0.364. The van der Waals surface area contributed by atoms with Gasteiger partial charge in [0.1, 0.15) is 5.56 Å². The fourth-order valence-electron chi connectivity index (χ4n) is 3.64. The SMILES string of the molecule is COc1cccc(C(=O)OCC(=O)c2ccc3c(c2)-c2ccccc2C3)c1OC. The lowest BCUT2D eigenvalue weighted by atomic mass is 10.0. The summed E-state index contributed by atoms with van der Waals surface area (Å²) in [6, 6.07) is 18.7. The molecule has 0 saturated heterocycles. The fraction of sp³-hybridized carbons (Fsp3) is 0.167. The van der Waals surface area contributed by atoms with Crippen molar-refractivity contribution in [2.24, 2.45) is 0 Å². The van der Waals surface area contributed by atoms with E-state index in [1.165, 1.54) is 25.3 Å². The average Bonchev–Trinajstić information content (AvgIpc) is 3.14. The van der Waals surface area contributed by atoms with Crippen molar-refractivity contribution in [1.29, 1.82) is 0 Å². The first-order valence-electron chi connectivity index (χ1n) is 9.25. The second kappa shape index (κ2) is 7.80. The summed E-state index contributed by atoms with van der Waals surface area (Å²) >= 11 is 0. The van der Waals surface area contributed by atoms with Gasteiger partial charge in [0.15, 0.2) is 23.9 Å². The van der Waals surface area contributed by atoms with E-state index in [0.29, 0.717) is 11.3 Å². The molecule has 5 heteroatoms. The van der Waals surface area contributed by atoms with Crippen molar-refractivity contribution in [1.82, 2.24) is 0 Å². The molecule has 0 atom stereocenters. The van der Waals surface area contributed by atoms with Gasteiger partial charge in [-0.15, -0.1) is 0 Å². The van der Waals surface area contributed by atoms with Crippen LogP contribution in [-0.2, 0) is 11.2 Å². The van der Waals surface area contributed by atoms with Crippen LogP contribution in [0, 0.1) is 0 Å². The number of Topliss-reactive ketones (excluding diaryl/α,β-unsaturated/α-hetero) is 1. The third-order valence-corrected chi connectivity index (χ3v) is 5.08. The van der Waals surface area contributed by atoms with Crippen LogP contribution in [-0.4, -0.2) is 32.6 Å². The highest BCUT2D eigenvalue weighted by atomic mass is 16.5. The lowest BCUT2D eigenvalue weighted by Gasteiger charge is -2.12. The molecule has 5 nitrogen and oxygen atoms in total. The van der Waals surface area contributed by atoms with Gasteiger partial charge < -0.3 is 14.2 Å².